The zero-order valence-electron chi connectivity index (χ0n) is 24.2. The van der Waals surface area contributed by atoms with Gasteiger partial charge in [-0.2, -0.15) is 0 Å². The van der Waals surface area contributed by atoms with Crippen molar-refractivity contribution >= 4 is 5.97 Å². The molecule has 1 heterocycles. The molecule has 2 atom stereocenters. The van der Waals surface area contributed by atoms with Crippen LogP contribution in [0.1, 0.15) is 108 Å². The molecule has 0 fully saturated rings. The number of methoxy groups -OCH3 is 1. The average molecular weight is 464 g/mol. The van der Waals surface area contributed by atoms with Crippen LogP contribution in [-0.2, 0) is 14.3 Å². The first-order valence-electron chi connectivity index (χ1n) is 12.5. The number of carbonyl (C=O) groups excluding carboxylic acids is 1. The maximum atomic E-state index is 13.6. The van der Waals surface area contributed by atoms with Gasteiger partial charge in [0, 0.05) is 19.5 Å². The molecular formula is C29H53NO3. The lowest BCUT2D eigenvalue weighted by Gasteiger charge is -2.60. The lowest BCUT2D eigenvalue weighted by Crippen LogP contribution is -2.59. The van der Waals surface area contributed by atoms with Gasteiger partial charge in [0.15, 0.2) is 0 Å². The van der Waals surface area contributed by atoms with Crippen molar-refractivity contribution in [1.82, 2.24) is 4.98 Å². The van der Waals surface area contributed by atoms with Crippen molar-refractivity contribution in [2.75, 3.05) is 20.3 Å². The number of pyridine rings is 1. The minimum atomic E-state index is -0.722. The summed E-state index contributed by atoms with van der Waals surface area (Å²) in [5.74, 6) is 0.0957. The molecule has 1 rings (SSSR count). The van der Waals surface area contributed by atoms with E-state index in [4.69, 9.17) is 9.47 Å². The molecule has 0 spiro atoms. The van der Waals surface area contributed by atoms with Crippen molar-refractivity contribution < 1.29 is 14.3 Å². The molecule has 4 heteroatoms. The third kappa shape index (κ3) is 7.04. The van der Waals surface area contributed by atoms with E-state index in [2.05, 4.69) is 93.3 Å². The molecule has 0 aliphatic rings. The molecule has 33 heavy (non-hydrogen) atoms. The van der Waals surface area contributed by atoms with E-state index >= 15 is 0 Å². The highest BCUT2D eigenvalue weighted by Gasteiger charge is 2.62. The molecule has 0 saturated heterocycles. The fraction of sp³-hybridized carbons (Fsp3) is 0.793. The van der Waals surface area contributed by atoms with Crippen LogP contribution in [0.5, 0.6) is 0 Å². The van der Waals surface area contributed by atoms with Crippen molar-refractivity contribution in [3.05, 3.63) is 30.1 Å². The molecule has 4 nitrogen and oxygen atoms in total. The Kier molecular flexibility index (Phi) is 11.3. The third-order valence-corrected chi connectivity index (χ3v) is 8.09. The van der Waals surface area contributed by atoms with Crippen LogP contribution in [0.15, 0.2) is 24.5 Å². The Morgan fingerprint density at radius 2 is 1.36 bits per heavy atom. The summed E-state index contributed by atoms with van der Waals surface area (Å²) in [6.45, 7) is 29.2. The number of hydrogen-bond donors (Lipinski definition) is 0. The summed E-state index contributed by atoms with van der Waals surface area (Å²) in [6, 6.07) is 4.25. The third-order valence-electron chi connectivity index (χ3n) is 8.09. The summed E-state index contributed by atoms with van der Waals surface area (Å²) in [7, 11) is 1.62. The topological polar surface area (TPSA) is 48.4 Å². The minimum absolute atomic E-state index is 0.137. The Morgan fingerprint density at radius 1 is 0.879 bits per heavy atom. The first kappa shape index (κ1) is 31.6. The Bertz CT molecular complexity index is 711. The zero-order chi connectivity index (χ0) is 26.3. The number of carbonyl (C=O) groups is 1. The largest absolute Gasteiger partial charge is 0.463 e. The second kappa shape index (κ2) is 11.8. The SMILES string of the molecule is CC.COCCOC(=O)C(C)(C(C)(C)C)C(C)(C)C(C)(C)C(CC(C)(C)C)c1ccncc1. The van der Waals surface area contributed by atoms with Gasteiger partial charge in [-0.15, -0.1) is 0 Å². The van der Waals surface area contributed by atoms with Gasteiger partial charge >= 0.3 is 5.97 Å². The van der Waals surface area contributed by atoms with E-state index in [0.29, 0.717) is 6.61 Å². The minimum Gasteiger partial charge on any atom is -0.463 e. The number of hydrogen-bond acceptors (Lipinski definition) is 4. The Balaban J connectivity index is 0.00000497. The molecule has 2 unspecified atom stereocenters. The molecule has 0 saturated carbocycles. The van der Waals surface area contributed by atoms with E-state index in [1.54, 1.807) is 7.11 Å². The molecule has 1 aromatic heterocycles. The molecule has 192 valence electrons. The monoisotopic (exact) mass is 463 g/mol. The van der Waals surface area contributed by atoms with Crippen LogP contribution in [0.4, 0.5) is 0 Å². The highest BCUT2D eigenvalue weighted by molar-refractivity contribution is 5.78. The first-order chi connectivity index (χ1) is 14.9. The van der Waals surface area contributed by atoms with Gasteiger partial charge in [-0.25, -0.2) is 0 Å². The summed E-state index contributed by atoms with van der Waals surface area (Å²) < 4.78 is 10.9. The molecule has 0 amide bonds. The van der Waals surface area contributed by atoms with Crippen molar-refractivity contribution in [3.63, 3.8) is 0 Å². The standard InChI is InChI=1S/C27H47NO3.C2H6/c1-23(2,3)19-21(20-13-15-28-16-14-20)25(7,8)26(9,10)27(11,24(4,5)6)22(29)31-18-17-30-12;1-2/h13-16,21H,17-19H2,1-12H3;1-2H3. The number of rotatable bonds is 9. The number of aromatic nitrogens is 1. The number of esters is 1. The van der Waals surface area contributed by atoms with Crippen LogP contribution in [0.3, 0.4) is 0 Å². The van der Waals surface area contributed by atoms with Gasteiger partial charge in [0.05, 0.1) is 12.0 Å². The van der Waals surface area contributed by atoms with Gasteiger partial charge < -0.3 is 9.47 Å². The zero-order valence-corrected chi connectivity index (χ0v) is 24.2. The maximum Gasteiger partial charge on any atom is 0.312 e. The highest BCUT2D eigenvalue weighted by atomic mass is 16.6. The summed E-state index contributed by atoms with van der Waals surface area (Å²) in [4.78, 5) is 17.9. The lowest BCUT2D eigenvalue weighted by atomic mass is 9.43. The van der Waals surface area contributed by atoms with Gasteiger partial charge in [0.1, 0.15) is 6.61 Å². The van der Waals surface area contributed by atoms with Gasteiger partial charge in [-0.1, -0.05) is 83.1 Å². The smallest absolute Gasteiger partial charge is 0.312 e. The van der Waals surface area contributed by atoms with Crippen molar-refractivity contribution in [1.29, 1.82) is 0 Å². The molecule has 1 aromatic rings. The lowest BCUT2D eigenvalue weighted by molar-refractivity contribution is -0.188. The van der Waals surface area contributed by atoms with E-state index < -0.39 is 5.41 Å². The van der Waals surface area contributed by atoms with E-state index in [9.17, 15) is 4.79 Å². The van der Waals surface area contributed by atoms with Crippen LogP contribution in [0, 0.1) is 27.1 Å². The normalized spacial score (nSPS) is 15.7. The van der Waals surface area contributed by atoms with Gasteiger partial charge in [0.25, 0.3) is 0 Å². The highest BCUT2D eigenvalue weighted by Crippen LogP contribution is 2.64. The molecule has 0 radical (unpaired) electrons. The molecule has 0 aliphatic carbocycles. The molecule has 0 aromatic carbocycles. The second-order valence-corrected chi connectivity index (χ2v) is 12.4. The van der Waals surface area contributed by atoms with Crippen LogP contribution in [-0.4, -0.2) is 31.3 Å². The fourth-order valence-electron chi connectivity index (χ4n) is 4.94. The molecular weight excluding hydrogens is 410 g/mol. The molecule has 0 N–H and O–H groups in total. The predicted molar refractivity (Wildman–Crippen MR) is 140 cm³/mol. The predicted octanol–water partition coefficient (Wildman–Crippen LogP) is 7.92. The van der Waals surface area contributed by atoms with E-state index in [1.165, 1.54) is 5.56 Å². The van der Waals surface area contributed by atoms with Crippen molar-refractivity contribution in [2.24, 2.45) is 27.1 Å². The van der Waals surface area contributed by atoms with Gasteiger partial charge in [-0.3, -0.25) is 9.78 Å². The van der Waals surface area contributed by atoms with Gasteiger partial charge in [0.2, 0.25) is 0 Å². The molecule has 0 aliphatic heterocycles. The Morgan fingerprint density at radius 3 is 1.76 bits per heavy atom. The van der Waals surface area contributed by atoms with Crippen LogP contribution >= 0.6 is 0 Å². The van der Waals surface area contributed by atoms with Gasteiger partial charge in [-0.05, 0) is 58.6 Å². The van der Waals surface area contributed by atoms with Crippen molar-refractivity contribution in [2.45, 2.75) is 102 Å². The second-order valence-electron chi connectivity index (χ2n) is 12.4. The van der Waals surface area contributed by atoms with Crippen LogP contribution < -0.4 is 0 Å². The maximum absolute atomic E-state index is 13.6. The van der Waals surface area contributed by atoms with E-state index in [1.807, 2.05) is 26.2 Å². The van der Waals surface area contributed by atoms with Crippen molar-refractivity contribution in [3.8, 4) is 0 Å². The summed E-state index contributed by atoms with van der Waals surface area (Å²) in [5.41, 5.74) is -0.223. The fourth-order valence-corrected chi connectivity index (χ4v) is 4.94. The molecule has 0 bridgehead atoms. The quantitative estimate of drug-likeness (QED) is 0.276. The number of nitrogens with zero attached hydrogens (tertiary/aromatic N) is 1. The summed E-state index contributed by atoms with van der Waals surface area (Å²) in [5, 5.41) is 0. The van der Waals surface area contributed by atoms with E-state index in [-0.39, 0.29) is 40.2 Å². The Hall–Kier alpha value is -1.42. The van der Waals surface area contributed by atoms with E-state index in [0.717, 1.165) is 6.42 Å². The Labute approximate surface area is 205 Å². The number of ether oxygens (including phenoxy) is 2. The summed E-state index contributed by atoms with van der Waals surface area (Å²) >= 11 is 0. The summed E-state index contributed by atoms with van der Waals surface area (Å²) in [6.07, 6.45) is 4.75. The average Bonchev–Trinajstić information content (AvgIpc) is 2.71. The van der Waals surface area contributed by atoms with Crippen LogP contribution in [0.25, 0.3) is 0 Å². The van der Waals surface area contributed by atoms with Crippen LogP contribution in [0.2, 0.25) is 0 Å². The first-order valence-corrected chi connectivity index (χ1v) is 12.5.